The quantitative estimate of drug-likeness (QED) is 0.233. The van der Waals surface area contributed by atoms with Crippen LogP contribution in [0.2, 0.25) is 0 Å². The fourth-order valence-electron chi connectivity index (χ4n) is 5.83. The summed E-state index contributed by atoms with van der Waals surface area (Å²) in [5.41, 5.74) is 7.45. The van der Waals surface area contributed by atoms with Gasteiger partial charge in [-0.3, -0.25) is 14.6 Å². The van der Waals surface area contributed by atoms with Crippen LogP contribution in [0, 0.1) is 17.5 Å². The molecule has 0 aliphatic carbocycles. The smallest absolute Gasteiger partial charge is 0.407 e. The first-order valence-corrected chi connectivity index (χ1v) is 15.3. The number of nitrogens with one attached hydrogen (secondary N) is 3. The number of aromatic nitrogens is 1. The maximum Gasteiger partial charge on any atom is 0.407 e. The number of likely N-dealkylation sites (tertiary alicyclic amines) is 1. The molecular weight excluding hydrogens is 617 g/mol. The average molecular weight is 655 g/mol. The number of carbonyl (C=O) groups is 3. The number of nitrogens with two attached hydrogens (primary N) is 1. The molecule has 5 rings (SSSR count). The van der Waals surface area contributed by atoms with Crippen LogP contribution in [0.4, 0.5) is 23.7 Å². The third kappa shape index (κ3) is 8.57. The predicted molar refractivity (Wildman–Crippen MR) is 166 cm³/mol. The van der Waals surface area contributed by atoms with Gasteiger partial charge in [0, 0.05) is 31.6 Å². The molecule has 1 unspecified atom stereocenters. The molecule has 0 saturated carbocycles. The van der Waals surface area contributed by atoms with E-state index in [0.717, 1.165) is 6.20 Å². The summed E-state index contributed by atoms with van der Waals surface area (Å²) in [5.74, 6) is -3.22. The van der Waals surface area contributed by atoms with Crippen molar-refractivity contribution < 1.29 is 37.0 Å². The summed E-state index contributed by atoms with van der Waals surface area (Å²) in [7, 11) is 1.68. The van der Waals surface area contributed by atoms with E-state index in [1.807, 2.05) is 0 Å². The van der Waals surface area contributed by atoms with Crippen molar-refractivity contribution in [2.45, 2.75) is 49.4 Å². The monoisotopic (exact) mass is 654 g/mol. The van der Waals surface area contributed by atoms with Crippen molar-refractivity contribution in [2.24, 2.45) is 5.73 Å². The van der Waals surface area contributed by atoms with Gasteiger partial charge in [-0.05, 0) is 54.7 Å². The molecule has 2 fully saturated rings. The zero-order valence-corrected chi connectivity index (χ0v) is 25.8. The van der Waals surface area contributed by atoms with E-state index in [-0.39, 0.29) is 48.9 Å². The number of likely N-dealkylation sites (N-methyl/N-ethyl adjacent to an activating group) is 1. The molecule has 2 aromatic carbocycles. The Morgan fingerprint density at radius 1 is 1.09 bits per heavy atom. The number of rotatable bonds is 12. The third-order valence-electron chi connectivity index (χ3n) is 8.43. The van der Waals surface area contributed by atoms with Gasteiger partial charge in [0.05, 0.1) is 36.8 Å². The standard InChI is InChI=1S/C33H37F3N6O5/c1-42-13-12-27(32(42)44)41-33(45)47-18-23-17-46-24(14-39-23)10-11-25-26(36)15-38-16-28(25)40-30(31(37)43)29(19-2-6-21(34)7-3-19)20-4-8-22(35)9-5-20/h2-9,15-16,23-24,27,29-30,39-40H,10-14,17-18H2,1H3,(H2,37,43)(H,41,45)/t23-,24+,27?,30-/m0/s1. The number of pyridine rings is 1. The second-order valence-electron chi connectivity index (χ2n) is 11.7. The van der Waals surface area contributed by atoms with E-state index in [1.54, 1.807) is 11.9 Å². The van der Waals surface area contributed by atoms with Crippen LogP contribution in [0.25, 0.3) is 0 Å². The van der Waals surface area contributed by atoms with Gasteiger partial charge in [0.1, 0.15) is 36.1 Å². The number of hydrogen-bond donors (Lipinski definition) is 4. The number of ether oxygens (including phenoxy) is 2. The van der Waals surface area contributed by atoms with Gasteiger partial charge in [0.25, 0.3) is 0 Å². The van der Waals surface area contributed by atoms with Crippen molar-refractivity contribution in [2.75, 3.05) is 38.7 Å². The lowest BCUT2D eigenvalue weighted by Gasteiger charge is -2.31. The van der Waals surface area contributed by atoms with Gasteiger partial charge >= 0.3 is 6.09 Å². The molecule has 2 aliphatic rings. The fourth-order valence-corrected chi connectivity index (χ4v) is 5.83. The lowest BCUT2D eigenvalue weighted by Crippen LogP contribution is -2.50. The molecule has 47 heavy (non-hydrogen) atoms. The van der Waals surface area contributed by atoms with Crippen LogP contribution in [0.1, 0.15) is 35.4 Å². The molecule has 250 valence electrons. The SMILES string of the molecule is CN1CCC(NC(=O)OC[C@@H]2CO[C@H](CCc3c(F)cncc3N[C@H](C(N)=O)C(c3ccc(F)cc3)c3ccc(F)cc3)CN2)C1=O. The van der Waals surface area contributed by atoms with Gasteiger partial charge in [-0.1, -0.05) is 24.3 Å². The maximum absolute atomic E-state index is 15.2. The van der Waals surface area contributed by atoms with Crippen molar-refractivity contribution in [3.8, 4) is 0 Å². The molecule has 0 spiro atoms. The number of halogens is 3. The van der Waals surface area contributed by atoms with E-state index in [4.69, 9.17) is 15.2 Å². The lowest BCUT2D eigenvalue weighted by molar-refractivity contribution is -0.128. The topological polar surface area (TPSA) is 148 Å². The molecule has 3 aromatic rings. The highest BCUT2D eigenvalue weighted by atomic mass is 19.1. The molecule has 3 amide bonds. The molecular formula is C33H37F3N6O5. The van der Waals surface area contributed by atoms with Crippen LogP contribution < -0.4 is 21.7 Å². The molecule has 2 saturated heterocycles. The van der Waals surface area contributed by atoms with Crippen LogP contribution in [0.15, 0.2) is 60.9 Å². The van der Waals surface area contributed by atoms with Crippen molar-refractivity contribution in [1.29, 1.82) is 0 Å². The molecule has 14 heteroatoms. The summed E-state index contributed by atoms with van der Waals surface area (Å²) >= 11 is 0. The predicted octanol–water partition coefficient (Wildman–Crippen LogP) is 2.84. The number of hydrogen-bond acceptors (Lipinski definition) is 8. The van der Waals surface area contributed by atoms with Gasteiger partial charge in [0.2, 0.25) is 11.8 Å². The number of primary amides is 1. The summed E-state index contributed by atoms with van der Waals surface area (Å²) in [6, 6.07) is 9.07. The van der Waals surface area contributed by atoms with Crippen LogP contribution in [0.5, 0.6) is 0 Å². The molecule has 4 atom stereocenters. The van der Waals surface area contributed by atoms with E-state index in [9.17, 15) is 23.2 Å². The fraction of sp³-hybridized carbons (Fsp3) is 0.394. The number of alkyl carbamates (subject to hydrolysis) is 1. The van der Waals surface area contributed by atoms with Crippen LogP contribution in [-0.4, -0.2) is 85.4 Å². The Morgan fingerprint density at radius 3 is 2.30 bits per heavy atom. The van der Waals surface area contributed by atoms with Crippen LogP contribution >= 0.6 is 0 Å². The zero-order valence-electron chi connectivity index (χ0n) is 25.8. The minimum atomic E-state index is -1.13. The Hall–Kier alpha value is -4.69. The summed E-state index contributed by atoms with van der Waals surface area (Å²) in [4.78, 5) is 42.5. The van der Waals surface area contributed by atoms with Crippen molar-refractivity contribution in [3.63, 3.8) is 0 Å². The van der Waals surface area contributed by atoms with Crippen LogP contribution in [0.3, 0.4) is 0 Å². The highest BCUT2D eigenvalue weighted by Gasteiger charge is 2.32. The summed E-state index contributed by atoms with van der Waals surface area (Å²) < 4.78 is 54.0. The Labute approximate surface area is 270 Å². The Morgan fingerprint density at radius 2 is 1.74 bits per heavy atom. The van der Waals surface area contributed by atoms with Crippen molar-refractivity contribution in [1.82, 2.24) is 20.5 Å². The molecule has 0 radical (unpaired) electrons. The van der Waals surface area contributed by atoms with E-state index in [2.05, 4.69) is 20.9 Å². The van der Waals surface area contributed by atoms with Gasteiger partial charge in [-0.2, -0.15) is 0 Å². The third-order valence-corrected chi connectivity index (χ3v) is 8.43. The van der Waals surface area contributed by atoms with Gasteiger partial charge in [0.15, 0.2) is 0 Å². The van der Waals surface area contributed by atoms with Crippen molar-refractivity contribution in [3.05, 3.63) is 95.1 Å². The van der Waals surface area contributed by atoms with Gasteiger partial charge < -0.3 is 36.1 Å². The average Bonchev–Trinajstić information content (AvgIpc) is 3.37. The maximum atomic E-state index is 15.2. The molecule has 11 nitrogen and oxygen atoms in total. The Bertz CT molecular complexity index is 1510. The summed E-state index contributed by atoms with van der Waals surface area (Å²) in [6.45, 7) is 1.27. The molecule has 1 aromatic heterocycles. The minimum absolute atomic E-state index is 0.0418. The van der Waals surface area contributed by atoms with E-state index >= 15 is 4.39 Å². The summed E-state index contributed by atoms with van der Waals surface area (Å²) in [6.07, 6.45) is 2.67. The molecule has 2 aliphatic heterocycles. The molecule has 3 heterocycles. The minimum Gasteiger partial charge on any atom is -0.448 e. The number of benzene rings is 2. The number of amides is 3. The lowest BCUT2D eigenvalue weighted by atomic mass is 9.84. The summed E-state index contributed by atoms with van der Waals surface area (Å²) in [5, 5.41) is 8.91. The number of anilines is 1. The first kappa shape index (κ1) is 33.7. The second-order valence-corrected chi connectivity index (χ2v) is 11.7. The first-order valence-electron chi connectivity index (χ1n) is 15.3. The highest BCUT2D eigenvalue weighted by Crippen LogP contribution is 2.32. The second kappa shape index (κ2) is 15.3. The Balaban J connectivity index is 1.20. The first-order chi connectivity index (χ1) is 22.6. The van der Waals surface area contributed by atoms with Crippen LogP contribution in [-0.2, 0) is 25.5 Å². The zero-order chi connectivity index (χ0) is 33.5. The van der Waals surface area contributed by atoms with Gasteiger partial charge in [-0.15, -0.1) is 0 Å². The number of nitrogens with zero attached hydrogens (tertiary/aromatic N) is 2. The van der Waals surface area contributed by atoms with Gasteiger partial charge in [-0.25, -0.2) is 18.0 Å². The normalized spacial score (nSPS) is 20.2. The van der Waals surface area contributed by atoms with E-state index < -0.39 is 47.5 Å². The molecule has 0 bridgehead atoms. The van der Waals surface area contributed by atoms with E-state index in [1.165, 1.54) is 54.7 Å². The largest absolute Gasteiger partial charge is 0.448 e. The highest BCUT2D eigenvalue weighted by molar-refractivity contribution is 5.87. The van der Waals surface area contributed by atoms with E-state index in [0.29, 0.717) is 37.1 Å². The van der Waals surface area contributed by atoms with Crippen molar-refractivity contribution >= 4 is 23.6 Å². The molecule has 5 N–H and O–H groups in total. The Kier molecular flexibility index (Phi) is 10.9. The number of carbonyl (C=O) groups excluding carboxylic acids is 3. The number of morpholine rings is 1.